The van der Waals surface area contributed by atoms with E-state index in [9.17, 15) is 14.0 Å². The molecule has 1 aliphatic rings. The molecule has 138 valence electrons. The molecule has 25 heavy (non-hydrogen) atoms. The van der Waals surface area contributed by atoms with Gasteiger partial charge in [-0.2, -0.15) is 0 Å². The number of nitrogens with zero attached hydrogens (tertiary/aromatic N) is 2. The molecule has 1 heterocycles. The maximum Gasteiger partial charge on any atom is 0.234 e. The van der Waals surface area contributed by atoms with Gasteiger partial charge in [0.1, 0.15) is 5.82 Å². The van der Waals surface area contributed by atoms with Crippen LogP contribution in [0.5, 0.6) is 0 Å². The Morgan fingerprint density at radius 3 is 2.52 bits per heavy atom. The fourth-order valence-corrected chi connectivity index (χ4v) is 3.18. The normalized spacial score (nSPS) is 15.5. The van der Waals surface area contributed by atoms with Crippen molar-refractivity contribution in [1.29, 1.82) is 0 Å². The van der Waals surface area contributed by atoms with Crippen molar-refractivity contribution in [3.8, 4) is 0 Å². The lowest BCUT2D eigenvalue weighted by Crippen LogP contribution is -2.51. The highest BCUT2D eigenvalue weighted by atomic mass is 79.9. The number of halogens is 2. The van der Waals surface area contributed by atoms with Crippen LogP contribution in [0, 0.1) is 5.82 Å². The third-order valence-corrected chi connectivity index (χ3v) is 4.66. The van der Waals surface area contributed by atoms with Crippen LogP contribution >= 0.6 is 15.9 Å². The molecular weight excluding hydrogens is 389 g/mol. The first-order valence-electron chi connectivity index (χ1n) is 8.58. The van der Waals surface area contributed by atoms with Crippen molar-refractivity contribution in [3.05, 3.63) is 34.1 Å². The number of nitrogens with one attached hydrogen (secondary N) is 1. The quantitative estimate of drug-likeness (QED) is 0.777. The van der Waals surface area contributed by atoms with Crippen LogP contribution in [-0.2, 0) is 16.0 Å². The number of rotatable bonds is 6. The van der Waals surface area contributed by atoms with Gasteiger partial charge in [-0.15, -0.1) is 0 Å². The molecule has 1 aromatic rings. The zero-order valence-electron chi connectivity index (χ0n) is 14.7. The Kier molecular flexibility index (Phi) is 7.38. The van der Waals surface area contributed by atoms with Gasteiger partial charge in [0.05, 0.1) is 6.54 Å². The zero-order chi connectivity index (χ0) is 18.4. The third kappa shape index (κ3) is 6.40. The van der Waals surface area contributed by atoms with Crippen LogP contribution in [0.15, 0.2) is 22.7 Å². The number of carbonyl (C=O) groups excluding carboxylic acids is 2. The van der Waals surface area contributed by atoms with Crippen molar-refractivity contribution in [2.24, 2.45) is 0 Å². The molecule has 0 aromatic heterocycles. The lowest BCUT2D eigenvalue weighted by Gasteiger charge is -2.34. The molecule has 0 saturated carbocycles. The lowest BCUT2D eigenvalue weighted by molar-refractivity contribution is -0.133. The van der Waals surface area contributed by atoms with Crippen LogP contribution in [0.1, 0.15) is 25.8 Å². The van der Waals surface area contributed by atoms with Crippen molar-refractivity contribution >= 4 is 27.7 Å². The summed E-state index contributed by atoms with van der Waals surface area (Å²) in [5.74, 6) is -0.239. The van der Waals surface area contributed by atoms with E-state index in [0.717, 1.165) is 0 Å². The Bertz CT molecular complexity index is 616. The second-order valence-corrected chi connectivity index (χ2v) is 7.53. The van der Waals surface area contributed by atoms with E-state index in [2.05, 4.69) is 26.1 Å². The van der Waals surface area contributed by atoms with E-state index in [4.69, 9.17) is 0 Å². The summed E-state index contributed by atoms with van der Waals surface area (Å²) in [6, 6.07) is 5.04. The van der Waals surface area contributed by atoms with Gasteiger partial charge in [0.25, 0.3) is 0 Å². The summed E-state index contributed by atoms with van der Waals surface area (Å²) in [6.45, 7) is 6.82. The molecule has 0 spiro atoms. The highest BCUT2D eigenvalue weighted by Gasteiger charge is 2.22. The molecule has 0 radical (unpaired) electrons. The van der Waals surface area contributed by atoms with E-state index in [-0.39, 0.29) is 23.7 Å². The van der Waals surface area contributed by atoms with Gasteiger partial charge in [0.2, 0.25) is 11.8 Å². The number of aryl methyl sites for hydroxylation is 1. The summed E-state index contributed by atoms with van der Waals surface area (Å²) >= 11 is 3.23. The molecule has 1 saturated heterocycles. The van der Waals surface area contributed by atoms with E-state index in [0.29, 0.717) is 55.6 Å². The first-order chi connectivity index (χ1) is 11.8. The largest absolute Gasteiger partial charge is 0.353 e. The molecule has 1 N–H and O–H groups in total. The molecule has 0 bridgehead atoms. The Balaban J connectivity index is 1.74. The Hall–Kier alpha value is -1.47. The highest BCUT2D eigenvalue weighted by Crippen LogP contribution is 2.17. The number of benzene rings is 1. The van der Waals surface area contributed by atoms with Crippen LogP contribution in [-0.4, -0.2) is 60.4 Å². The fourth-order valence-electron chi connectivity index (χ4n) is 2.85. The lowest BCUT2D eigenvalue weighted by atomic mass is 10.1. The predicted molar refractivity (Wildman–Crippen MR) is 98.7 cm³/mol. The molecule has 0 unspecified atom stereocenters. The highest BCUT2D eigenvalue weighted by molar-refractivity contribution is 9.10. The Labute approximate surface area is 156 Å². The molecule has 1 fully saturated rings. The average Bonchev–Trinajstić information content (AvgIpc) is 2.53. The monoisotopic (exact) mass is 413 g/mol. The van der Waals surface area contributed by atoms with E-state index < -0.39 is 0 Å². The van der Waals surface area contributed by atoms with Gasteiger partial charge in [-0.3, -0.25) is 14.5 Å². The minimum Gasteiger partial charge on any atom is -0.353 e. The Morgan fingerprint density at radius 1 is 1.24 bits per heavy atom. The molecule has 2 rings (SSSR count). The van der Waals surface area contributed by atoms with E-state index in [1.165, 1.54) is 6.07 Å². The van der Waals surface area contributed by atoms with Gasteiger partial charge in [-0.1, -0.05) is 22.0 Å². The molecule has 5 nitrogen and oxygen atoms in total. The maximum absolute atomic E-state index is 13.8. The van der Waals surface area contributed by atoms with Gasteiger partial charge in [0.15, 0.2) is 0 Å². The Morgan fingerprint density at radius 2 is 1.92 bits per heavy atom. The number of hydrogen-bond donors (Lipinski definition) is 1. The second kappa shape index (κ2) is 9.29. The van der Waals surface area contributed by atoms with Gasteiger partial charge in [0, 0.05) is 43.1 Å². The number of amides is 2. The van der Waals surface area contributed by atoms with E-state index >= 15 is 0 Å². The molecule has 0 atom stereocenters. The second-order valence-electron chi connectivity index (χ2n) is 6.61. The van der Waals surface area contributed by atoms with Crippen molar-refractivity contribution in [3.63, 3.8) is 0 Å². The van der Waals surface area contributed by atoms with Crippen LogP contribution in [0.3, 0.4) is 0 Å². The molecule has 2 amide bonds. The van der Waals surface area contributed by atoms with Gasteiger partial charge in [-0.05, 0) is 38.0 Å². The molecule has 0 aliphatic carbocycles. The number of carbonyl (C=O) groups is 2. The number of hydrogen-bond acceptors (Lipinski definition) is 3. The third-order valence-electron chi connectivity index (χ3n) is 4.17. The molecule has 1 aliphatic heterocycles. The minimum atomic E-state index is -0.289. The van der Waals surface area contributed by atoms with E-state index in [1.54, 1.807) is 17.0 Å². The average molecular weight is 414 g/mol. The standard InChI is InChI=1S/C18H25BrFN3O2/c1-13(2)21-17(24)12-22-7-9-23(10-8-22)18(25)6-4-14-3-5-15(19)11-16(14)20/h3,5,11,13H,4,6-10,12H2,1-2H3,(H,21,24). The minimum absolute atomic E-state index is 0.0143. The van der Waals surface area contributed by atoms with Crippen LogP contribution < -0.4 is 5.32 Å². The van der Waals surface area contributed by atoms with Crippen molar-refractivity contribution in [2.45, 2.75) is 32.7 Å². The SMILES string of the molecule is CC(C)NC(=O)CN1CCN(C(=O)CCc2ccc(Br)cc2F)CC1. The summed E-state index contributed by atoms with van der Waals surface area (Å²) in [5, 5.41) is 2.87. The van der Waals surface area contributed by atoms with Crippen molar-refractivity contribution in [1.82, 2.24) is 15.1 Å². The maximum atomic E-state index is 13.8. The van der Waals surface area contributed by atoms with Crippen LogP contribution in [0.25, 0.3) is 0 Å². The first kappa shape index (κ1) is 19.8. The van der Waals surface area contributed by atoms with Crippen molar-refractivity contribution < 1.29 is 14.0 Å². The summed E-state index contributed by atoms with van der Waals surface area (Å²) in [5.41, 5.74) is 0.556. The smallest absolute Gasteiger partial charge is 0.234 e. The molecule has 7 heteroatoms. The van der Waals surface area contributed by atoms with Crippen LogP contribution in [0.2, 0.25) is 0 Å². The van der Waals surface area contributed by atoms with E-state index in [1.807, 2.05) is 13.8 Å². The predicted octanol–water partition coefficient (Wildman–Crippen LogP) is 2.19. The molecular formula is C18H25BrFN3O2. The van der Waals surface area contributed by atoms with Crippen molar-refractivity contribution in [2.75, 3.05) is 32.7 Å². The zero-order valence-corrected chi connectivity index (χ0v) is 16.3. The fraction of sp³-hybridized carbons (Fsp3) is 0.556. The summed E-state index contributed by atoms with van der Waals surface area (Å²) in [7, 11) is 0. The van der Waals surface area contributed by atoms with Crippen LogP contribution in [0.4, 0.5) is 4.39 Å². The summed E-state index contributed by atoms with van der Waals surface area (Å²) < 4.78 is 14.5. The summed E-state index contributed by atoms with van der Waals surface area (Å²) in [4.78, 5) is 28.0. The summed E-state index contributed by atoms with van der Waals surface area (Å²) in [6.07, 6.45) is 0.696. The first-order valence-corrected chi connectivity index (χ1v) is 9.38. The van der Waals surface area contributed by atoms with Gasteiger partial charge in [-0.25, -0.2) is 4.39 Å². The molecule has 1 aromatic carbocycles. The number of piperazine rings is 1. The topological polar surface area (TPSA) is 52.7 Å². The van der Waals surface area contributed by atoms with Gasteiger partial charge < -0.3 is 10.2 Å². The van der Waals surface area contributed by atoms with Gasteiger partial charge >= 0.3 is 0 Å².